The van der Waals surface area contributed by atoms with Crippen LogP contribution in [0.15, 0.2) is 60.8 Å². The highest BCUT2D eigenvalue weighted by atomic mass is 35.5. The van der Waals surface area contributed by atoms with Crippen molar-refractivity contribution in [1.29, 1.82) is 0 Å². The van der Waals surface area contributed by atoms with Crippen LogP contribution in [0.5, 0.6) is 5.75 Å². The van der Waals surface area contributed by atoms with E-state index in [1.165, 1.54) is 17.2 Å². The summed E-state index contributed by atoms with van der Waals surface area (Å²) in [5.74, 6) is -0.748. The highest BCUT2D eigenvalue weighted by molar-refractivity contribution is 7.70. The van der Waals surface area contributed by atoms with Crippen molar-refractivity contribution in [2.24, 2.45) is 0 Å². The number of carbonyl (C=O) groups excluding carboxylic acids is 3. The summed E-state index contributed by atoms with van der Waals surface area (Å²) in [6.07, 6.45) is 1.86. The third-order valence-electron chi connectivity index (χ3n) is 9.69. The molecule has 3 aliphatic rings. The lowest BCUT2D eigenvalue weighted by molar-refractivity contribution is -0.136. The van der Waals surface area contributed by atoms with Gasteiger partial charge in [0.25, 0.3) is 5.91 Å². The number of imide groups is 1. The molecule has 0 radical (unpaired) electrons. The minimum atomic E-state index is -2.57. The minimum absolute atomic E-state index is 0.00156. The quantitative estimate of drug-likeness (QED) is 0.147. The number of nitrogens with zero attached hydrogens (tertiary/aromatic N) is 5. The van der Waals surface area contributed by atoms with Crippen LogP contribution in [-0.2, 0) is 27.2 Å². The van der Waals surface area contributed by atoms with Gasteiger partial charge in [0.1, 0.15) is 29.8 Å². The molecule has 1 aromatic heterocycles. The van der Waals surface area contributed by atoms with Crippen molar-refractivity contribution in [3.63, 3.8) is 0 Å². The first-order chi connectivity index (χ1) is 25.4. The number of rotatable bonds is 10. The Labute approximate surface area is 311 Å². The second kappa shape index (κ2) is 14.8. The summed E-state index contributed by atoms with van der Waals surface area (Å²) in [4.78, 5) is 51.8. The molecule has 13 nitrogen and oxygen atoms in total. The lowest BCUT2D eigenvalue weighted by Gasteiger charge is -2.36. The molecule has 0 bridgehead atoms. The SMILES string of the molecule is COc1cc(N2CCN(Cc3cc(F)c4c(c3)CN(C3CCC(=O)NC3=O)C4=O)CC2)ccc1Nc1ncc(Cl)c(Nc2ccccc2P(C)(C)=O)n1. The fourth-order valence-corrected chi connectivity index (χ4v) is 8.32. The number of piperidine rings is 1. The number of methoxy groups -OCH3 is 1. The van der Waals surface area contributed by atoms with E-state index in [2.05, 4.69) is 35.7 Å². The Bertz CT molecular complexity index is 2160. The number of halogens is 2. The van der Waals surface area contributed by atoms with Gasteiger partial charge in [0.05, 0.1) is 30.2 Å². The van der Waals surface area contributed by atoms with Crippen molar-refractivity contribution in [3.8, 4) is 5.75 Å². The smallest absolute Gasteiger partial charge is 0.258 e. The number of fused-ring (bicyclic) bond motifs is 1. The van der Waals surface area contributed by atoms with E-state index < -0.39 is 30.8 Å². The Morgan fingerprint density at radius 3 is 2.53 bits per heavy atom. The van der Waals surface area contributed by atoms with E-state index in [-0.39, 0.29) is 30.9 Å². The molecule has 3 aromatic carbocycles. The molecule has 16 heteroatoms. The van der Waals surface area contributed by atoms with Crippen LogP contribution in [-0.4, -0.2) is 90.1 Å². The molecular formula is C37H39ClFN8O5P. The zero-order chi connectivity index (χ0) is 37.4. The molecular weight excluding hydrogens is 722 g/mol. The van der Waals surface area contributed by atoms with Gasteiger partial charge < -0.3 is 29.7 Å². The number of nitrogens with one attached hydrogen (secondary N) is 3. The number of carbonyl (C=O) groups is 3. The monoisotopic (exact) mass is 760 g/mol. The molecule has 4 heterocycles. The number of benzene rings is 3. The van der Waals surface area contributed by atoms with Crippen molar-refractivity contribution in [2.75, 3.05) is 62.2 Å². The molecule has 53 heavy (non-hydrogen) atoms. The van der Waals surface area contributed by atoms with Gasteiger partial charge in [-0.1, -0.05) is 29.8 Å². The van der Waals surface area contributed by atoms with Gasteiger partial charge in [-0.05, 0) is 61.2 Å². The number of piperazine rings is 1. The van der Waals surface area contributed by atoms with Crippen LogP contribution in [0.2, 0.25) is 5.02 Å². The summed E-state index contributed by atoms with van der Waals surface area (Å²) in [5, 5.41) is 9.71. The van der Waals surface area contributed by atoms with Gasteiger partial charge in [-0.3, -0.25) is 24.6 Å². The largest absolute Gasteiger partial charge is 0.494 e. The molecule has 4 aromatic rings. The molecule has 2 fully saturated rings. The lowest BCUT2D eigenvalue weighted by Crippen LogP contribution is -2.52. The topological polar surface area (TPSA) is 149 Å². The Kier molecular flexibility index (Phi) is 10.1. The van der Waals surface area contributed by atoms with Crippen molar-refractivity contribution in [3.05, 3.63) is 88.3 Å². The van der Waals surface area contributed by atoms with E-state index in [9.17, 15) is 18.9 Å². The van der Waals surface area contributed by atoms with Crippen molar-refractivity contribution in [2.45, 2.75) is 32.0 Å². The molecule has 0 aliphatic carbocycles. The van der Waals surface area contributed by atoms with Gasteiger partial charge in [-0.25, -0.2) is 9.37 Å². The number of amides is 3. The lowest BCUT2D eigenvalue weighted by atomic mass is 10.0. The number of hydrogen-bond acceptors (Lipinski definition) is 11. The van der Waals surface area contributed by atoms with E-state index in [0.29, 0.717) is 51.3 Å². The molecule has 3 N–H and O–H groups in total. The maximum absolute atomic E-state index is 15.3. The van der Waals surface area contributed by atoms with Gasteiger partial charge in [0.2, 0.25) is 17.8 Å². The van der Waals surface area contributed by atoms with Crippen LogP contribution < -0.4 is 30.9 Å². The second-order valence-electron chi connectivity index (χ2n) is 13.7. The Balaban J connectivity index is 0.981. The summed E-state index contributed by atoms with van der Waals surface area (Å²) < 4.78 is 33.9. The van der Waals surface area contributed by atoms with Crippen molar-refractivity contribution in [1.82, 2.24) is 25.1 Å². The Hall–Kier alpha value is -5.04. The predicted molar refractivity (Wildman–Crippen MR) is 202 cm³/mol. The molecule has 0 spiro atoms. The maximum atomic E-state index is 15.3. The number of anilines is 5. The molecule has 276 valence electrons. The van der Waals surface area contributed by atoms with E-state index in [4.69, 9.17) is 16.3 Å². The maximum Gasteiger partial charge on any atom is 0.258 e. The highest BCUT2D eigenvalue weighted by Gasteiger charge is 2.40. The Morgan fingerprint density at radius 2 is 1.79 bits per heavy atom. The zero-order valence-electron chi connectivity index (χ0n) is 29.5. The molecule has 7 rings (SSSR count). The number of aromatic nitrogens is 2. The summed E-state index contributed by atoms with van der Waals surface area (Å²) in [7, 11) is -0.975. The van der Waals surface area contributed by atoms with Gasteiger partial charge in [0.15, 0.2) is 5.82 Å². The third-order valence-corrected chi connectivity index (χ3v) is 11.5. The van der Waals surface area contributed by atoms with Crippen LogP contribution in [0, 0.1) is 5.82 Å². The summed E-state index contributed by atoms with van der Waals surface area (Å²) >= 11 is 6.44. The summed E-state index contributed by atoms with van der Waals surface area (Å²) in [5.41, 5.74) is 3.60. The standard InChI is InChI=1S/C37H39ClFN8O5P/c1-52-30-18-24(8-9-27(30)42-37-40-19-25(38)34(44-37)41-28-6-4-5-7-31(28)53(2,3)51)46-14-12-45(13-15-46)20-22-16-23-21-47(36(50)33(23)26(39)17-22)29-10-11-32(48)43-35(29)49/h4-9,16-19,29H,10-15,20-21H2,1-3H3,(H,43,48,49)(H2,40,41,42,44). The van der Waals surface area contributed by atoms with E-state index >= 15 is 4.39 Å². The van der Waals surface area contributed by atoms with Gasteiger partial charge in [0, 0.05) is 62.7 Å². The fraction of sp³-hybridized carbons (Fsp3) is 0.324. The van der Waals surface area contributed by atoms with Crippen LogP contribution in [0.4, 0.5) is 33.2 Å². The summed E-state index contributed by atoms with van der Waals surface area (Å²) in [6.45, 7) is 6.97. The van der Waals surface area contributed by atoms with Crippen LogP contribution in [0.25, 0.3) is 0 Å². The summed E-state index contributed by atoms with van der Waals surface area (Å²) in [6, 6.07) is 15.7. The zero-order valence-corrected chi connectivity index (χ0v) is 31.1. The predicted octanol–water partition coefficient (Wildman–Crippen LogP) is 5.10. The van der Waals surface area contributed by atoms with E-state index in [1.807, 2.05) is 48.5 Å². The normalized spacial score (nSPS) is 17.8. The molecule has 3 aliphatic heterocycles. The highest BCUT2D eigenvalue weighted by Crippen LogP contribution is 2.39. The molecule has 0 saturated carbocycles. The molecule has 2 saturated heterocycles. The van der Waals surface area contributed by atoms with Crippen LogP contribution >= 0.6 is 18.7 Å². The van der Waals surface area contributed by atoms with Crippen LogP contribution in [0.3, 0.4) is 0 Å². The van der Waals surface area contributed by atoms with Gasteiger partial charge in [-0.2, -0.15) is 4.98 Å². The van der Waals surface area contributed by atoms with E-state index in [1.54, 1.807) is 20.4 Å². The van der Waals surface area contributed by atoms with Crippen molar-refractivity contribution >= 4 is 70.6 Å². The molecule has 3 amide bonds. The van der Waals surface area contributed by atoms with Gasteiger partial charge in [-0.15, -0.1) is 0 Å². The third kappa shape index (κ3) is 7.71. The first kappa shape index (κ1) is 36.3. The number of hydrogen-bond donors (Lipinski definition) is 3. The minimum Gasteiger partial charge on any atom is -0.494 e. The average molecular weight is 761 g/mol. The van der Waals surface area contributed by atoms with Crippen molar-refractivity contribution < 1.29 is 28.1 Å². The van der Waals surface area contributed by atoms with Gasteiger partial charge >= 0.3 is 0 Å². The molecule has 1 unspecified atom stereocenters. The Morgan fingerprint density at radius 1 is 1.02 bits per heavy atom. The first-order valence-electron chi connectivity index (χ1n) is 17.2. The first-order valence-corrected chi connectivity index (χ1v) is 20.2. The fourth-order valence-electron chi connectivity index (χ4n) is 7.03. The molecule has 1 atom stereocenters. The number of ether oxygens (including phenoxy) is 1. The van der Waals surface area contributed by atoms with Crippen LogP contribution in [0.1, 0.15) is 34.3 Å². The number of para-hydroxylation sites is 1. The van der Waals surface area contributed by atoms with E-state index in [0.717, 1.165) is 37.4 Å². The average Bonchev–Trinajstić information content (AvgIpc) is 3.45. The second-order valence-corrected chi connectivity index (χ2v) is 17.3.